The molecule has 4 rings (SSSR count). The third-order valence-electron chi connectivity index (χ3n) is 5.16. The van der Waals surface area contributed by atoms with Crippen LogP contribution >= 0.6 is 0 Å². The van der Waals surface area contributed by atoms with E-state index < -0.39 is 0 Å². The zero-order valence-corrected chi connectivity index (χ0v) is 15.2. The van der Waals surface area contributed by atoms with Crippen molar-refractivity contribution in [3.8, 4) is 0 Å². The summed E-state index contributed by atoms with van der Waals surface area (Å²) in [6.07, 6.45) is 0.397. The van der Waals surface area contributed by atoms with E-state index in [2.05, 4.69) is 18.2 Å². The lowest BCUT2D eigenvalue weighted by atomic mass is 10.0. The molecule has 0 aromatic heterocycles. The zero-order chi connectivity index (χ0) is 18.6. The molecule has 0 spiro atoms. The monoisotopic (exact) mass is 358 g/mol. The standard InChI is InChI=1S/C23H22N2O2/c26-22(17-20-11-6-10-18-7-4-5-12-21(18)20)24-13-15-25(16-14-24)23(27)19-8-2-1-3-9-19/h1-12H,13-17H2. The van der Waals surface area contributed by atoms with Gasteiger partial charge in [-0.15, -0.1) is 0 Å². The third-order valence-corrected chi connectivity index (χ3v) is 5.16. The van der Waals surface area contributed by atoms with Crippen LogP contribution in [0.5, 0.6) is 0 Å². The van der Waals surface area contributed by atoms with Crippen LogP contribution in [0.15, 0.2) is 72.8 Å². The highest BCUT2D eigenvalue weighted by atomic mass is 16.2. The van der Waals surface area contributed by atoms with Crippen LogP contribution in [0.3, 0.4) is 0 Å². The minimum atomic E-state index is 0.0387. The fourth-order valence-corrected chi connectivity index (χ4v) is 3.64. The minimum absolute atomic E-state index is 0.0387. The fourth-order valence-electron chi connectivity index (χ4n) is 3.64. The van der Waals surface area contributed by atoms with Crippen LogP contribution in [0, 0.1) is 0 Å². The number of nitrogens with zero attached hydrogens (tertiary/aromatic N) is 2. The summed E-state index contributed by atoms with van der Waals surface area (Å²) in [7, 11) is 0. The van der Waals surface area contributed by atoms with Crippen LogP contribution in [0.1, 0.15) is 15.9 Å². The molecule has 136 valence electrons. The summed E-state index contributed by atoms with van der Waals surface area (Å²) in [4.78, 5) is 29.0. The van der Waals surface area contributed by atoms with Crippen molar-refractivity contribution in [3.63, 3.8) is 0 Å². The molecular weight excluding hydrogens is 336 g/mol. The van der Waals surface area contributed by atoms with E-state index in [4.69, 9.17) is 0 Å². The van der Waals surface area contributed by atoms with Gasteiger partial charge in [0.2, 0.25) is 5.91 Å². The van der Waals surface area contributed by atoms with E-state index in [1.54, 1.807) is 0 Å². The number of rotatable bonds is 3. The number of hydrogen-bond acceptors (Lipinski definition) is 2. The summed E-state index contributed by atoms with van der Waals surface area (Å²) < 4.78 is 0. The molecule has 27 heavy (non-hydrogen) atoms. The highest BCUT2D eigenvalue weighted by molar-refractivity contribution is 5.94. The Kier molecular flexibility index (Phi) is 4.88. The molecule has 0 N–H and O–H groups in total. The van der Waals surface area contributed by atoms with Gasteiger partial charge in [0, 0.05) is 31.7 Å². The molecule has 4 heteroatoms. The largest absolute Gasteiger partial charge is 0.339 e. The first kappa shape index (κ1) is 17.3. The topological polar surface area (TPSA) is 40.6 Å². The normalized spacial score (nSPS) is 14.4. The van der Waals surface area contributed by atoms with Crippen LogP contribution in [-0.2, 0) is 11.2 Å². The maximum Gasteiger partial charge on any atom is 0.253 e. The molecule has 0 aliphatic carbocycles. The van der Waals surface area contributed by atoms with Crippen molar-refractivity contribution in [2.24, 2.45) is 0 Å². The maximum absolute atomic E-state index is 12.8. The molecule has 0 saturated carbocycles. The predicted molar refractivity (Wildman–Crippen MR) is 107 cm³/mol. The molecule has 0 atom stereocenters. The van der Waals surface area contributed by atoms with Crippen LogP contribution in [0.25, 0.3) is 10.8 Å². The van der Waals surface area contributed by atoms with Crippen molar-refractivity contribution in [2.45, 2.75) is 6.42 Å². The number of benzene rings is 3. The molecule has 0 radical (unpaired) electrons. The first-order valence-corrected chi connectivity index (χ1v) is 9.31. The minimum Gasteiger partial charge on any atom is -0.339 e. The SMILES string of the molecule is O=C(Cc1cccc2ccccc12)N1CCN(C(=O)c2ccccc2)CC1. The number of fused-ring (bicyclic) bond motifs is 1. The van der Waals surface area contributed by atoms with E-state index in [1.165, 1.54) is 0 Å². The van der Waals surface area contributed by atoms with E-state index in [0.717, 1.165) is 16.3 Å². The van der Waals surface area contributed by atoms with Gasteiger partial charge in [0.15, 0.2) is 0 Å². The molecule has 0 unspecified atom stereocenters. The highest BCUT2D eigenvalue weighted by Gasteiger charge is 2.25. The Labute approximate surface area is 159 Å². The summed E-state index contributed by atoms with van der Waals surface area (Å²) in [6.45, 7) is 2.33. The summed E-state index contributed by atoms with van der Waals surface area (Å²) in [5, 5.41) is 2.28. The van der Waals surface area contributed by atoms with Crippen molar-refractivity contribution in [1.29, 1.82) is 0 Å². The van der Waals surface area contributed by atoms with Crippen LogP contribution in [0.4, 0.5) is 0 Å². The van der Waals surface area contributed by atoms with E-state index in [-0.39, 0.29) is 11.8 Å². The fraction of sp³-hybridized carbons (Fsp3) is 0.217. The van der Waals surface area contributed by atoms with Crippen molar-refractivity contribution in [3.05, 3.63) is 83.9 Å². The van der Waals surface area contributed by atoms with Gasteiger partial charge >= 0.3 is 0 Å². The molecule has 1 saturated heterocycles. The molecule has 0 bridgehead atoms. The van der Waals surface area contributed by atoms with E-state index >= 15 is 0 Å². The van der Waals surface area contributed by atoms with Gasteiger partial charge in [0.05, 0.1) is 6.42 Å². The first-order chi connectivity index (χ1) is 13.2. The molecule has 3 aromatic carbocycles. The lowest BCUT2D eigenvalue weighted by Crippen LogP contribution is -2.51. The van der Waals surface area contributed by atoms with Gasteiger partial charge in [-0.2, -0.15) is 0 Å². The lowest BCUT2D eigenvalue weighted by molar-refractivity contribution is -0.131. The summed E-state index contributed by atoms with van der Waals surface area (Å²) in [5.41, 5.74) is 1.76. The van der Waals surface area contributed by atoms with Crippen molar-refractivity contribution < 1.29 is 9.59 Å². The molecule has 1 fully saturated rings. The molecule has 1 aliphatic heterocycles. The summed E-state index contributed by atoms with van der Waals surface area (Å²) in [6, 6.07) is 23.6. The van der Waals surface area contributed by atoms with E-state index in [1.807, 2.05) is 64.4 Å². The molecule has 4 nitrogen and oxygen atoms in total. The Bertz CT molecular complexity index is 955. The predicted octanol–water partition coefficient (Wildman–Crippen LogP) is 3.37. The number of amides is 2. The molecule has 3 aromatic rings. The van der Waals surface area contributed by atoms with Gasteiger partial charge in [0.1, 0.15) is 0 Å². The van der Waals surface area contributed by atoms with Gasteiger partial charge in [-0.05, 0) is 28.5 Å². The van der Waals surface area contributed by atoms with Crippen molar-refractivity contribution >= 4 is 22.6 Å². The Morgan fingerprint density at radius 2 is 1.33 bits per heavy atom. The second kappa shape index (κ2) is 7.62. The molecule has 1 heterocycles. The third kappa shape index (κ3) is 3.70. The number of carbonyl (C=O) groups is 2. The molecular formula is C23H22N2O2. The first-order valence-electron chi connectivity index (χ1n) is 9.31. The highest BCUT2D eigenvalue weighted by Crippen LogP contribution is 2.20. The number of hydrogen-bond donors (Lipinski definition) is 0. The Hall–Kier alpha value is -3.14. The summed E-state index contributed by atoms with van der Waals surface area (Å²) >= 11 is 0. The quantitative estimate of drug-likeness (QED) is 0.720. The average molecular weight is 358 g/mol. The lowest BCUT2D eigenvalue weighted by Gasteiger charge is -2.35. The second-order valence-corrected chi connectivity index (χ2v) is 6.85. The number of piperazine rings is 1. The zero-order valence-electron chi connectivity index (χ0n) is 15.2. The Morgan fingerprint density at radius 3 is 2.11 bits per heavy atom. The maximum atomic E-state index is 12.8. The van der Waals surface area contributed by atoms with Gasteiger partial charge in [-0.3, -0.25) is 9.59 Å². The van der Waals surface area contributed by atoms with Gasteiger partial charge in [-0.1, -0.05) is 60.7 Å². The number of carbonyl (C=O) groups excluding carboxylic acids is 2. The van der Waals surface area contributed by atoms with Crippen molar-refractivity contribution in [1.82, 2.24) is 9.80 Å². The molecule has 2 amide bonds. The molecule has 1 aliphatic rings. The van der Waals surface area contributed by atoms with Gasteiger partial charge in [-0.25, -0.2) is 0 Å². The van der Waals surface area contributed by atoms with Gasteiger partial charge < -0.3 is 9.80 Å². The Morgan fingerprint density at radius 1 is 0.704 bits per heavy atom. The Balaban J connectivity index is 1.39. The van der Waals surface area contributed by atoms with Crippen LogP contribution in [0.2, 0.25) is 0 Å². The average Bonchev–Trinajstić information content (AvgIpc) is 2.74. The summed E-state index contributed by atoms with van der Waals surface area (Å²) in [5.74, 6) is 0.162. The second-order valence-electron chi connectivity index (χ2n) is 6.85. The van der Waals surface area contributed by atoms with E-state index in [0.29, 0.717) is 38.2 Å². The van der Waals surface area contributed by atoms with E-state index in [9.17, 15) is 9.59 Å². The smallest absolute Gasteiger partial charge is 0.253 e. The van der Waals surface area contributed by atoms with Crippen LogP contribution in [-0.4, -0.2) is 47.8 Å². The van der Waals surface area contributed by atoms with Gasteiger partial charge in [0.25, 0.3) is 5.91 Å². The van der Waals surface area contributed by atoms with Crippen LogP contribution < -0.4 is 0 Å². The van der Waals surface area contributed by atoms with Crippen molar-refractivity contribution in [2.75, 3.05) is 26.2 Å².